The Morgan fingerprint density at radius 1 is 0.370 bits per heavy atom. The highest BCUT2D eigenvalue weighted by molar-refractivity contribution is 5.95. The molecule has 2 nitrogen and oxygen atoms in total. The Hall–Kier alpha value is -6.64. The summed E-state index contributed by atoms with van der Waals surface area (Å²) in [7, 11) is 0. The van der Waals surface area contributed by atoms with Crippen molar-refractivity contribution in [2.24, 2.45) is 0 Å². The molecule has 8 aromatic carbocycles. The fraction of sp³-hybridized carbons (Fsp3) is 0.0769. The number of benzene rings is 8. The van der Waals surface area contributed by atoms with Crippen LogP contribution in [0.25, 0.3) is 11.1 Å². The van der Waals surface area contributed by atoms with Crippen LogP contribution in [0.15, 0.2) is 206 Å². The molecular weight excluding hydrogens is 653 g/mol. The van der Waals surface area contributed by atoms with Crippen LogP contribution in [0.2, 0.25) is 0 Å². The molecule has 0 atom stereocenters. The third-order valence-corrected chi connectivity index (χ3v) is 11.7. The van der Waals surface area contributed by atoms with Crippen LogP contribution in [-0.2, 0) is 10.8 Å². The molecule has 2 aliphatic rings. The second-order valence-corrected chi connectivity index (χ2v) is 14.9. The Balaban J connectivity index is 1.37. The van der Waals surface area contributed by atoms with Gasteiger partial charge in [-0.1, -0.05) is 153 Å². The number of rotatable bonds is 6. The standard InChI is InChI=1S/C52H40N2/c1-51(2)45-31-19-18-30-43(45)44-35-48-50(36-46(44)51)54(41-28-16-7-17-29-41)49-33-32-42(53(39-24-12-5-13-25-39)40-26-14-6-15-27-40)34-47(49)52(48,37-20-8-3-9-21-37)38-22-10-4-11-23-38/h3-36H,1-2H3. The van der Waals surface area contributed by atoms with E-state index in [0.29, 0.717) is 0 Å². The number of fused-ring (bicyclic) bond motifs is 5. The number of hydrogen-bond acceptors (Lipinski definition) is 2. The van der Waals surface area contributed by atoms with Gasteiger partial charge in [-0.3, -0.25) is 0 Å². The average molecular weight is 693 g/mol. The summed E-state index contributed by atoms with van der Waals surface area (Å²) in [5.41, 5.74) is 16.4. The lowest BCUT2D eigenvalue weighted by Gasteiger charge is -2.47. The molecule has 0 radical (unpaired) electrons. The van der Waals surface area contributed by atoms with Crippen molar-refractivity contribution in [3.63, 3.8) is 0 Å². The first kappa shape index (κ1) is 32.0. The first-order chi connectivity index (χ1) is 26.6. The van der Waals surface area contributed by atoms with E-state index in [1.165, 1.54) is 55.9 Å². The van der Waals surface area contributed by atoms with Crippen LogP contribution in [0.3, 0.4) is 0 Å². The molecule has 1 aliphatic heterocycles. The molecule has 10 rings (SSSR count). The second-order valence-electron chi connectivity index (χ2n) is 14.9. The zero-order valence-electron chi connectivity index (χ0n) is 30.5. The minimum atomic E-state index is -0.649. The fourth-order valence-corrected chi connectivity index (χ4v) is 9.28. The van der Waals surface area contributed by atoms with E-state index in [1.54, 1.807) is 0 Å². The van der Waals surface area contributed by atoms with Crippen LogP contribution in [0, 0.1) is 0 Å². The van der Waals surface area contributed by atoms with E-state index in [2.05, 4.69) is 230 Å². The van der Waals surface area contributed by atoms with Gasteiger partial charge < -0.3 is 9.80 Å². The molecule has 1 aliphatic carbocycles. The zero-order chi connectivity index (χ0) is 36.3. The van der Waals surface area contributed by atoms with Crippen LogP contribution in [-0.4, -0.2) is 0 Å². The summed E-state index contributed by atoms with van der Waals surface area (Å²) in [4.78, 5) is 4.89. The molecule has 0 spiro atoms. The first-order valence-corrected chi connectivity index (χ1v) is 18.9. The normalized spacial score (nSPS) is 14.4. The summed E-state index contributed by atoms with van der Waals surface area (Å²) < 4.78 is 0. The summed E-state index contributed by atoms with van der Waals surface area (Å²) in [6, 6.07) is 75.8. The maximum atomic E-state index is 2.54. The summed E-state index contributed by atoms with van der Waals surface area (Å²) in [6.07, 6.45) is 0. The van der Waals surface area contributed by atoms with Gasteiger partial charge >= 0.3 is 0 Å². The zero-order valence-corrected chi connectivity index (χ0v) is 30.5. The summed E-state index contributed by atoms with van der Waals surface area (Å²) in [6.45, 7) is 4.76. The second kappa shape index (κ2) is 12.5. The van der Waals surface area contributed by atoms with Crippen molar-refractivity contribution >= 4 is 34.1 Å². The quantitative estimate of drug-likeness (QED) is 0.171. The Bertz CT molecular complexity index is 2540. The lowest BCUT2D eigenvalue weighted by atomic mass is 9.61. The summed E-state index contributed by atoms with van der Waals surface area (Å²) in [5, 5.41) is 0. The van der Waals surface area contributed by atoms with E-state index in [4.69, 9.17) is 0 Å². The first-order valence-electron chi connectivity index (χ1n) is 18.9. The molecule has 0 aromatic heterocycles. The monoisotopic (exact) mass is 692 g/mol. The van der Waals surface area contributed by atoms with Crippen LogP contribution >= 0.6 is 0 Å². The molecular formula is C52H40N2. The highest BCUT2D eigenvalue weighted by Gasteiger charge is 2.49. The predicted molar refractivity (Wildman–Crippen MR) is 225 cm³/mol. The number of hydrogen-bond donors (Lipinski definition) is 0. The van der Waals surface area contributed by atoms with Gasteiger partial charge in [0.15, 0.2) is 0 Å². The summed E-state index contributed by atoms with van der Waals surface area (Å²) in [5.74, 6) is 0. The van der Waals surface area contributed by atoms with Crippen molar-refractivity contribution in [2.75, 3.05) is 9.80 Å². The van der Waals surface area contributed by atoms with Gasteiger partial charge in [-0.05, 0) is 111 Å². The third kappa shape index (κ3) is 4.73. The van der Waals surface area contributed by atoms with Crippen molar-refractivity contribution in [3.8, 4) is 11.1 Å². The van der Waals surface area contributed by atoms with Crippen LogP contribution < -0.4 is 9.80 Å². The van der Waals surface area contributed by atoms with Crippen molar-refractivity contribution in [3.05, 3.63) is 240 Å². The Labute approximate surface area is 318 Å². The van der Waals surface area contributed by atoms with E-state index in [0.717, 1.165) is 22.7 Å². The largest absolute Gasteiger partial charge is 0.310 e. The SMILES string of the molecule is CC1(C)c2ccccc2-c2cc3c(cc21)N(c1ccccc1)c1ccc(N(c2ccccc2)c2ccccc2)cc1C3(c1ccccc1)c1ccccc1. The molecule has 0 amide bonds. The van der Waals surface area contributed by atoms with Gasteiger partial charge in [-0.15, -0.1) is 0 Å². The van der Waals surface area contributed by atoms with E-state index < -0.39 is 5.41 Å². The van der Waals surface area contributed by atoms with Crippen molar-refractivity contribution in [2.45, 2.75) is 24.7 Å². The van der Waals surface area contributed by atoms with Crippen molar-refractivity contribution < 1.29 is 0 Å². The minimum Gasteiger partial charge on any atom is -0.310 e. The lowest BCUT2D eigenvalue weighted by molar-refractivity contribution is 0.658. The Morgan fingerprint density at radius 3 is 1.46 bits per heavy atom. The molecule has 0 bridgehead atoms. The van der Waals surface area contributed by atoms with Crippen molar-refractivity contribution in [1.29, 1.82) is 0 Å². The molecule has 0 fully saturated rings. The molecule has 0 saturated heterocycles. The van der Waals surface area contributed by atoms with Gasteiger partial charge in [0, 0.05) is 28.2 Å². The molecule has 0 saturated carbocycles. The van der Waals surface area contributed by atoms with E-state index in [-0.39, 0.29) is 5.41 Å². The average Bonchev–Trinajstić information content (AvgIpc) is 3.46. The molecule has 2 heteroatoms. The number of para-hydroxylation sites is 3. The topological polar surface area (TPSA) is 6.48 Å². The molecule has 54 heavy (non-hydrogen) atoms. The fourth-order valence-electron chi connectivity index (χ4n) is 9.28. The van der Waals surface area contributed by atoms with E-state index >= 15 is 0 Å². The summed E-state index contributed by atoms with van der Waals surface area (Å²) >= 11 is 0. The smallest absolute Gasteiger partial charge is 0.0743 e. The highest BCUT2D eigenvalue weighted by Crippen LogP contribution is 2.61. The van der Waals surface area contributed by atoms with Crippen LogP contribution in [0.1, 0.15) is 47.2 Å². The van der Waals surface area contributed by atoms with Gasteiger partial charge in [0.2, 0.25) is 0 Å². The maximum Gasteiger partial charge on any atom is 0.0743 e. The van der Waals surface area contributed by atoms with Crippen molar-refractivity contribution in [1.82, 2.24) is 0 Å². The minimum absolute atomic E-state index is 0.151. The Morgan fingerprint density at radius 2 is 0.870 bits per heavy atom. The maximum absolute atomic E-state index is 2.54. The molecule has 258 valence electrons. The lowest BCUT2D eigenvalue weighted by Crippen LogP contribution is -2.38. The molecule has 0 unspecified atom stereocenters. The third-order valence-electron chi connectivity index (χ3n) is 11.7. The van der Waals surface area contributed by atoms with E-state index in [1.807, 2.05) is 0 Å². The van der Waals surface area contributed by atoms with Gasteiger partial charge in [-0.2, -0.15) is 0 Å². The Kier molecular flexibility index (Phi) is 7.42. The van der Waals surface area contributed by atoms with Gasteiger partial charge in [0.1, 0.15) is 0 Å². The van der Waals surface area contributed by atoms with E-state index in [9.17, 15) is 0 Å². The highest BCUT2D eigenvalue weighted by atomic mass is 15.2. The molecule has 0 N–H and O–H groups in total. The number of anilines is 6. The molecule has 8 aromatic rings. The number of nitrogens with zero attached hydrogens (tertiary/aromatic N) is 2. The van der Waals surface area contributed by atoms with Crippen LogP contribution in [0.5, 0.6) is 0 Å². The predicted octanol–water partition coefficient (Wildman–Crippen LogP) is 13.6. The molecule has 1 heterocycles. The van der Waals surface area contributed by atoms with Gasteiger partial charge in [0.25, 0.3) is 0 Å². The van der Waals surface area contributed by atoms with Gasteiger partial charge in [0.05, 0.1) is 16.8 Å². The van der Waals surface area contributed by atoms with Crippen LogP contribution in [0.4, 0.5) is 34.1 Å². The van der Waals surface area contributed by atoms with Gasteiger partial charge in [-0.25, -0.2) is 0 Å².